The molecule has 0 spiro atoms. The Hall–Kier alpha value is -0.480. The van der Waals surface area contributed by atoms with Gasteiger partial charge in [0.2, 0.25) is 0 Å². The van der Waals surface area contributed by atoms with Gasteiger partial charge < -0.3 is 4.74 Å². The number of hydrogen-bond acceptors (Lipinski definition) is 1. The van der Waals surface area contributed by atoms with Crippen molar-refractivity contribution < 1.29 is 4.74 Å². The molecule has 1 heteroatoms. The van der Waals surface area contributed by atoms with Gasteiger partial charge in [0.1, 0.15) is 0 Å². The lowest BCUT2D eigenvalue weighted by atomic mass is 10.0. The highest BCUT2D eigenvalue weighted by Crippen LogP contribution is 2.12. The summed E-state index contributed by atoms with van der Waals surface area (Å²) < 4.78 is 5.70. The quantitative estimate of drug-likeness (QED) is 0.586. The van der Waals surface area contributed by atoms with Crippen molar-refractivity contribution in [3.05, 3.63) is 0 Å². The first-order valence-corrected chi connectivity index (χ1v) is 5.01. The normalized spacial score (nSPS) is 23.6. The minimum atomic E-state index is 0.486. The van der Waals surface area contributed by atoms with Crippen molar-refractivity contribution in [2.24, 2.45) is 0 Å². The Bertz CT molecular complexity index is 164. The van der Waals surface area contributed by atoms with Crippen LogP contribution in [0.1, 0.15) is 45.4 Å². The molecule has 0 aliphatic heterocycles. The van der Waals surface area contributed by atoms with Gasteiger partial charge in [-0.3, -0.25) is 0 Å². The third-order valence-electron chi connectivity index (χ3n) is 2.10. The van der Waals surface area contributed by atoms with Crippen LogP contribution in [-0.2, 0) is 4.74 Å². The van der Waals surface area contributed by atoms with E-state index in [-0.39, 0.29) is 0 Å². The molecule has 0 aromatic heterocycles. The van der Waals surface area contributed by atoms with Crippen molar-refractivity contribution >= 4 is 0 Å². The number of ether oxygens (including phenoxy) is 1. The summed E-state index contributed by atoms with van der Waals surface area (Å²) in [5.74, 6) is 6.32. The summed E-state index contributed by atoms with van der Waals surface area (Å²) in [6.07, 6.45) is 7.24. The Morgan fingerprint density at radius 1 is 1.25 bits per heavy atom. The van der Waals surface area contributed by atoms with Gasteiger partial charge in [-0.05, 0) is 25.7 Å². The van der Waals surface area contributed by atoms with Crippen LogP contribution in [0.3, 0.4) is 0 Å². The predicted octanol–water partition coefficient (Wildman–Crippen LogP) is 2.75. The molecule has 1 aliphatic rings. The van der Waals surface area contributed by atoms with E-state index in [1.807, 2.05) is 0 Å². The van der Waals surface area contributed by atoms with E-state index in [0.717, 1.165) is 32.3 Å². The van der Waals surface area contributed by atoms with Gasteiger partial charge in [0.05, 0.1) is 6.10 Å². The van der Waals surface area contributed by atoms with Crippen LogP contribution in [0.4, 0.5) is 0 Å². The van der Waals surface area contributed by atoms with Gasteiger partial charge >= 0.3 is 0 Å². The molecule has 12 heavy (non-hydrogen) atoms. The smallest absolute Gasteiger partial charge is 0.0584 e. The zero-order valence-electron chi connectivity index (χ0n) is 7.94. The van der Waals surface area contributed by atoms with Gasteiger partial charge in [0, 0.05) is 19.4 Å². The van der Waals surface area contributed by atoms with Crippen molar-refractivity contribution in [2.75, 3.05) is 6.61 Å². The minimum Gasteiger partial charge on any atom is -0.378 e. The summed E-state index contributed by atoms with van der Waals surface area (Å²) in [6, 6.07) is 0. The molecular formula is C11H18O. The lowest BCUT2D eigenvalue weighted by molar-refractivity contribution is 0.0416. The molecule has 68 valence electrons. The molecule has 1 aliphatic carbocycles. The van der Waals surface area contributed by atoms with Crippen LogP contribution in [-0.4, -0.2) is 12.7 Å². The van der Waals surface area contributed by atoms with E-state index < -0.39 is 0 Å². The molecule has 0 radical (unpaired) electrons. The molecule has 0 saturated heterocycles. The molecule has 0 fully saturated rings. The van der Waals surface area contributed by atoms with E-state index in [1.165, 1.54) is 12.8 Å². The van der Waals surface area contributed by atoms with Gasteiger partial charge in [-0.1, -0.05) is 6.92 Å². The van der Waals surface area contributed by atoms with Crippen LogP contribution in [0.25, 0.3) is 0 Å². The third kappa shape index (κ3) is 3.78. The molecule has 1 rings (SSSR count). The van der Waals surface area contributed by atoms with Gasteiger partial charge in [0.25, 0.3) is 0 Å². The molecular weight excluding hydrogens is 148 g/mol. The zero-order valence-corrected chi connectivity index (χ0v) is 7.94. The molecule has 1 atom stereocenters. The molecule has 0 aromatic rings. The number of rotatable bonds is 3. The van der Waals surface area contributed by atoms with E-state index in [0.29, 0.717) is 6.10 Å². The Balaban J connectivity index is 2.20. The third-order valence-corrected chi connectivity index (χ3v) is 2.10. The first-order valence-electron chi connectivity index (χ1n) is 5.01. The summed E-state index contributed by atoms with van der Waals surface area (Å²) in [5.41, 5.74) is 0. The van der Waals surface area contributed by atoms with Crippen LogP contribution in [0.15, 0.2) is 0 Å². The Labute approximate surface area is 75.5 Å². The lowest BCUT2D eigenvalue weighted by Gasteiger charge is -2.16. The first kappa shape index (κ1) is 9.61. The van der Waals surface area contributed by atoms with Crippen molar-refractivity contribution in [1.82, 2.24) is 0 Å². The lowest BCUT2D eigenvalue weighted by Crippen LogP contribution is -2.14. The van der Waals surface area contributed by atoms with Crippen molar-refractivity contribution in [3.8, 4) is 11.8 Å². The van der Waals surface area contributed by atoms with Crippen molar-refractivity contribution in [3.63, 3.8) is 0 Å². The van der Waals surface area contributed by atoms with Gasteiger partial charge in [-0.15, -0.1) is 11.8 Å². The van der Waals surface area contributed by atoms with Crippen molar-refractivity contribution in [2.45, 2.75) is 51.6 Å². The van der Waals surface area contributed by atoms with Gasteiger partial charge in [-0.2, -0.15) is 0 Å². The number of hydrogen-bond donors (Lipinski definition) is 0. The van der Waals surface area contributed by atoms with E-state index in [4.69, 9.17) is 4.74 Å². The topological polar surface area (TPSA) is 9.23 Å². The van der Waals surface area contributed by atoms with E-state index in [2.05, 4.69) is 18.8 Å². The summed E-state index contributed by atoms with van der Waals surface area (Å²) in [7, 11) is 0. The second-order valence-electron chi connectivity index (χ2n) is 3.28. The van der Waals surface area contributed by atoms with Crippen LogP contribution < -0.4 is 0 Å². The van der Waals surface area contributed by atoms with Crippen LogP contribution in [0.2, 0.25) is 0 Å². The fourth-order valence-corrected chi connectivity index (χ4v) is 1.42. The van der Waals surface area contributed by atoms with Gasteiger partial charge in [0.15, 0.2) is 0 Å². The fourth-order valence-electron chi connectivity index (χ4n) is 1.42. The van der Waals surface area contributed by atoms with E-state index in [1.54, 1.807) is 0 Å². The first-order chi connectivity index (χ1) is 5.93. The summed E-state index contributed by atoms with van der Waals surface area (Å²) in [6.45, 7) is 3.07. The molecule has 0 amide bonds. The van der Waals surface area contributed by atoms with Crippen LogP contribution in [0.5, 0.6) is 0 Å². The second-order valence-corrected chi connectivity index (χ2v) is 3.28. The Morgan fingerprint density at radius 3 is 2.92 bits per heavy atom. The molecule has 0 bridgehead atoms. The fraction of sp³-hybridized carbons (Fsp3) is 0.818. The maximum absolute atomic E-state index is 5.70. The van der Waals surface area contributed by atoms with Crippen LogP contribution >= 0.6 is 0 Å². The van der Waals surface area contributed by atoms with E-state index in [9.17, 15) is 0 Å². The predicted molar refractivity (Wildman–Crippen MR) is 50.9 cm³/mol. The summed E-state index contributed by atoms with van der Waals surface area (Å²) in [4.78, 5) is 0. The maximum atomic E-state index is 5.70. The monoisotopic (exact) mass is 166 g/mol. The largest absolute Gasteiger partial charge is 0.378 e. The minimum absolute atomic E-state index is 0.486. The maximum Gasteiger partial charge on any atom is 0.0584 e. The summed E-state index contributed by atoms with van der Waals surface area (Å²) >= 11 is 0. The molecule has 1 unspecified atom stereocenters. The molecule has 0 saturated carbocycles. The van der Waals surface area contributed by atoms with Gasteiger partial charge in [-0.25, -0.2) is 0 Å². The molecule has 0 N–H and O–H groups in total. The average Bonchev–Trinajstić information content (AvgIpc) is 2.02. The SMILES string of the molecule is CCCOC1CCC#CCCC1. The van der Waals surface area contributed by atoms with Crippen LogP contribution in [0, 0.1) is 11.8 Å². The van der Waals surface area contributed by atoms with E-state index >= 15 is 0 Å². The van der Waals surface area contributed by atoms with Crippen molar-refractivity contribution in [1.29, 1.82) is 0 Å². The highest BCUT2D eigenvalue weighted by molar-refractivity contribution is 5.00. The Kier molecular flexibility index (Phi) is 4.87. The average molecular weight is 166 g/mol. The Morgan fingerprint density at radius 2 is 2.08 bits per heavy atom. The standard InChI is InChI=1S/C11H18O/c1-2-10-12-11-8-6-4-3-5-7-9-11/h11H,2,4,6-10H2,1H3. The highest BCUT2D eigenvalue weighted by atomic mass is 16.5. The molecule has 0 heterocycles. The summed E-state index contributed by atoms with van der Waals surface area (Å²) in [5, 5.41) is 0. The molecule has 1 nitrogen and oxygen atoms in total. The highest BCUT2D eigenvalue weighted by Gasteiger charge is 2.08. The molecule has 0 aromatic carbocycles. The second kappa shape index (κ2) is 6.08. The zero-order chi connectivity index (χ0) is 8.65.